The lowest BCUT2D eigenvalue weighted by atomic mass is 10.1. The van der Waals surface area contributed by atoms with Crippen molar-refractivity contribution in [1.82, 2.24) is 0 Å². The summed E-state index contributed by atoms with van der Waals surface area (Å²) in [5.41, 5.74) is 2.38. The van der Waals surface area contributed by atoms with Gasteiger partial charge in [-0.15, -0.1) is 0 Å². The summed E-state index contributed by atoms with van der Waals surface area (Å²) in [6, 6.07) is 8.29. The number of hydrogen-bond acceptors (Lipinski definition) is 1. The van der Waals surface area contributed by atoms with Crippen LogP contribution < -0.4 is 4.74 Å². The number of benzene rings is 1. The minimum Gasteiger partial charge on any atom is -0.489 e. The Labute approximate surface area is 107 Å². The minimum absolute atomic E-state index is 0.565. The molecular weight excluding hydrogens is 264 g/mol. The summed E-state index contributed by atoms with van der Waals surface area (Å²) in [6.45, 7) is 8.55. The highest BCUT2D eigenvalue weighted by atomic mass is 79.9. The molecule has 1 nitrogen and oxygen atoms in total. The molecule has 0 aliphatic rings. The van der Waals surface area contributed by atoms with Crippen molar-refractivity contribution in [3.05, 3.63) is 42.0 Å². The van der Waals surface area contributed by atoms with Crippen LogP contribution in [-0.2, 0) is 6.42 Å². The monoisotopic (exact) mass is 282 g/mol. The Bertz CT molecular complexity index is 329. The molecule has 0 fully saturated rings. The van der Waals surface area contributed by atoms with Crippen LogP contribution in [0.1, 0.15) is 25.8 Å². The molecule has 16 heavy (non-hydrogen) atoms. The molecule has 0 amide bonds. The number of halogens is 1. The van der Waals surface area contributed by atoms with Gasteiger partial charge in [0.25, 0.3) is 0 Å². The summed E-state index contributed by atoms with van der Waals surface area (Å²) in [7, 11) is 0. The van der Waals surface area contributed by atoms with E-state index in [0.29, 0.717) is 11.4 Å². The van der Waals surface area contributed by atoms with E-state index in [9.17, 15) is 0 Å². The Hall–Kier alpha value is -0.760. The van der Waals surface area contributed by atoms with E-state index in [2.05, 4.69) is 41.6 Å². The molecule has 0 aliphatic heterocycles. The predicted octanol–water partition coefficient (Wildman–Crippen LogP) is 4.36. The van der Waals surface area contributed by atoms with Gasteiger partial charge < -0.3 is 4.74 Å². The van der Waals surface area contributed by atoms with E-state index in [1.165, 1.54) is 5.56 Å². The van der Waals surface area contributed by atoms with Gasteiger partial charge in [-0.25, -0.2) is 0 Å². The second-order valence-electron chi connectivity index (χ2n) is 4.10. The van der Waals surface area contributed by atoms with Crippen molar-refractivity contribution < 1.29 is 4.74 Å². The van der Waals surface area contributed by atoms with Crippen LogP contribution in [0.2, 0.25) is 0 Å². The van der Waals surface area contributed by atoms with E-state index >= 15 is 0 Å². The molecule has 0 aromatic heterocycles. The van der Waals surface area contributed by atoms with Crippen LogP contribution in [0.15, 0.2) is 36.4 Å². The van der Waals surface area contributed by atoms with Gasteiger partial charge in [0.2, 0.25) is 0 Å². The van der Waals surface area contributed by atoms with E-state index in [1.807, 2.05) is 19.1 Å². The minimum atomic E-state index is 0.565. The molecule has 2 heteroatoms. The highest BCUT2D eigenvalue weighted by molar-refractivity contribution is 9.09. The second kappa shape index (κ2) is 6.74. The van der Waals surface area contributed by atoms with Crippen molar-refractivity contribution in [3.8, 4) is 5.75 Å². The molecule has 0 N–H and O–H groups in total. The molecular formula is C14H19BrO. The summed E-state index contributed by atoms with van der Waals surface area (Å²) in [4.78, 5) is 0.565. The van der Waals surface area contributed by atoms with E-state index in [1.54, 1.807) is 0 Å². The first kappa shape index (κ1) is 13.3. The summed E-state index contributed by atoms with van der Waals surface area (Å²) in [5.74, 6) is 0.911. The second-order valence-corrected chi connectivity index (χ2v) is 5.39. The number of hydrogen-bond donors (Lipinski definition) is 0. The van der Waals surface area contributed by atoms with Crippen molar-refractivity contribution in [2.45, 2.75) is 31.5 Å². The fourth-order valence-corrected chi connectivity index (χ4v) is 1.70. The molecule has 0 saturated carbocycles. The molecule has 0 bridgehead atoms. The van der Waals surface area contributed by atoms with Crippen molar-refractivity contribution in [3.63, 3.8) is 0 Å². The Morgan fingerprint density at radius 3 is 2.50 bits per heavy atom. The largest absolute Gasteiger partial charge is 0.489 e. The first-order valence-corrected chi connectivity index (χ1v) is 6.53. The number of alkyl halides is 1. The molecule has 0 heterocycles. The quantitative estimate of drug-likeness (QED) is 0.557. The standard InChI is InChI=1S/C14H19BrO/c1-4-13(15)9-12-5-7-14(8-6-12)16-10-11(2)3/h5-8,13H,2,4,9-10H2,1,3H3. The maximum atomic E-state index is 5.54. The average Bonchev–Trinajstić information content (AvgIpc) is 2.28. The van der Waals surface area contributed by atoms with Crippen molar-refractivity contribution in [1.29, 1.82) is 0 Å². The SMILES string of the molecule is C=C(C)COc1ccc(CC(Br)CC)cc1. The molecule has 1 aromatic carbocycles. The molecule has 1 atom stereocenters. The predicted molar refractivity (Wildman–Crippen MR) is 73.5 cm³/mol. The molecule has 0 radical (unpaired) electrons. The third-order valence-corrected chi connectivity index (χ3v) is 3.28. The van der Waals surface area contributed by atoms with Crippen LogP contribution in [0.3, 0.4) is 0 Å². The Balaban J connectivity index is 2.50. The van der Waals surface area contributed by atoms with Crippen LogP contribution >= 0.6 is 15.9 Å². The third kappa shape index (κ3) is 4.84. The van der Waals surface area contributed by atoms with Crippen molar-refractivity contribution in [2.75, 3.05) is 6.61 Å². The number of ether oxygens (including phenoxy) is 1. The lowest BCUT2D eigenvalue weighted by Crippen LogP contribution is -2.01. The first-order chi connectivity index (χ1) is 7.61. The van der Waals surface area contributed by atoms with Gasteiger partial charge in [0, 0.05) is 4.83 Å². The molecule has 0 aliphatic carbocycles. The molecule has 88 valence electrons. The lowest BCUT2D eigenvalue weighted by molar-refractivity contribution is 0.352. The highest BCUT2D eigenvalue weighted by Gasteiger charge is 2.02. The smallest absolute Gasteiger partial charge is 0.119 e. The Kier molecular flexibility index (Phi) is 5.61. The van der Waals surface area contributed by atoms with Crippen LogP contribution in [0.5, 0.6) is 5.75 Å². The summed E-state index contributed by atoms with van der Waals surface area (Å²) >= 11 is 3.64. The molecule has 0 saturated heterocycles. The topological polar surface area (TPSA) is 9.23 Å². The fraction of sp³-hybridized carbons (Fsp3) is 0.429. The van der Waals surface area contributed by atoms with Crippen LogP contribution in [0, 0.1) is 0 Å². The van der Waals surface area contributed by atoms with E-state index in [-0.39, 0.29) is 0 Å². The Morgan fingerprint density at radius 2 is 2.00 bits per heavy atom. The van der Waals surface area contributed by atoms with E-state index in [0.717, 1.165) is 24.2 Å². The molecule has 1 rings (SSSR count). The molecule has 1 unspecified atom stereocenters. The van der Waals surface area contributed by atoms with Gasteiger partial charge in [-0.1, -0.05) is 41.6 Å². The van der Waals surface area contributed by atoms with Gasteiger partial charge in [0.15, 0.2) is 0 Å². The Morgan fingerprint density at radius 1 is 1.38 bits per heavy atom. The van der Waals surface area contributed by atoms with Gasteiger partial charge in [-0.2, -0.15) is 0 Å². The molecule has 1 aromatic rings. The van der Waals surface area contributed by atoms with Gasteiger partial charge in [-0.3, -0.25) is 0 Å². The zero-order chi connectivity index (χ0) is 12.0. The average molecular weight is 283 g/mol. The summed E-state index contributed by atoms with van der Waals surface area (Å²) in [6.07, 6.45) is 2.21. The van der Waals surface area contributed by atoms with E-state index < -0.39 is 0 Å². The zero-order valence-electron chi connectivity index (χ0n) is 10.0. The lowest BCUT2D eigenvalue weighted by Gasteiger charge is -2.09. The van der Waals surface area contributed by atoms with Gasteiger partial charge in [0.1, 0.15) is 12.4 Å². The maximum Gasteiger partial charge on any atom is 0.119 e. The fourth-order valence-electron chi connectivity index (χ4n) is 1.33. The third-order valence-electron chi connectivity index (χ3n) is 2.31. The number of rotatable bonds is 6. The van der Waals surface area contributed by atoms with Crippen molar-refractivity contribution in [2.24, 2.45) is 0 Å². The van der Waals surface area contributed by atoms with E-state index in [4.69, 9.17) is 4.74 Å². The van der Waals surface area contributed by atoms with Crippen LogP contribution in [0.4, 0.5) is 0 Å². The highest BCUT2D eigenvalue weighted by Crippen LogP contribution is 2.17. The first-order valence-electron chi connectivity index (χ1n) is 5.62. The summed E-state index contributed by atoms with van der Waals surface area (Å²) in [5, 5.41) is 0. The van der Waals surface area contributed by atoms with Crippen LogP contribution in [0.25, 0.3) is 0 Å². The van der Waals surface area contributed by atoms with Crippen molar-refractivity contribution >= 4 is 15.9 Å². The van der Waals surface area contributed by atoms with Gasteiger partial charge in [0.05, 0.1) is 0 Å². The van der Waals surface area contributed by atoms with Gasteiger partial charge >= 0.3 is 0 Å². The maximum absolute atomic E-state index is 5.54. The zero-order valence-corrected chi connectivity index (χ0v) is 11.6. The normalized spacial score (nSPS) is 12.2. The van der Waals surface area contributed by atoms with Crippen LogP contribution in [-0.4, -0.2) is 11.4 Å². The molecule has 0 spiro atoms. The van der Waals surface area contributed by atoms with Gasteiger partial charge in [-0.05, 0) is 43.0 Å². The summed E-state index contributed by atoms with van der Waals surface area (Å²) < 4.78 is 5.54.